The van der Waals surface area contributed by atoms with E-state index in [9.17, 15) is 4.79 Å². The molecule has 4 rings (SSSR count). The van der Waals surface area contributed by atoms with Gasteiger partial charge in [-0.05, 0) is 51.7 Å². The maximum atomic E-state index is 13.7. The van der Waals surface area contributed by atoms with Crippen molar-refractivity contribution in [3.63, 3.8) is 0 Å². The first-order chi connectivity index (χ1) is 17.9. The number of carbonyl (C=O) groups is 1. The molecule has 1 fully saturated rings. The normalized spacial score (nSPS) is 17.5. The van der Waals surface area contributed by atoms with Gasteiger partial charge in [-0.15, -0.1) is 5.10 Å². The number of nitrogens with zero attached hydrogens (tertiary/aromatic N) is 4. The predicted octanol–water partition coefficient (Wildman–Crippen LogP) is 6.84. The minimum Gasteiger partial charge on any atom is -0.289 e. The smallest absolute Gasteiger partial charge is 0.187 e. The minimum absolute atomic E-state index is 0.0940. The van der Waals surface area contributed by atoms with Gasteiger partial charge < -0.3 is 0 Å². The number of aromatic nitrogens is 3. The van der Waals surface area contributed by atoms with E-state index in [1.54, 1.807) is 0 Å². The Labute approximate surface area is 228 Å². The van der Waals surface area contributed by atoms with Crippen LogP contribution in [0.25, 0.3) is 12.2 Å². The monoisotopic (exact) mass is 510 g/mol. The van der Waals surface area contributed by atoms with E-state index in [2.05, 4.69) is 112 Å². The molecular weight excluding hydrogens is 468 g/mol. The number of likely N-dealkylation sites (tertiary alicyclic amines) is 1. The number of rotatable bonds is 6. The van der Waals surface area contributed by atoms with Crippen LogP contribution in [0.2, 0.25) is 0 Å². The Morgan fingerprint density at radius 3 is 1.68 bits per heavy atom. The van der Waals surface area contributed by atoms with Gasteiger partial charge in [-0.1, -0.05) is 102 Å². The molecule has 200 valence electrons. The Hall–Kier alpha value is -3.31. The SMILES string of the molecule is CCCn1cc(CN2C/C(=C/c3ccc(C(C)(C)C)cc3)C(=O)/C(=C/c3ccc(C(C)(C)C)cc3)C2)nn1. The van der Waals surface area contributed by atoms with E-state index in [1.807, 2.05) is 23.0 Å². The van der Waals surface area contributed by atoms with Gasteiger partial charge in [0.05, 0.1) is 5.69 Å². The molecule has 5 nitrogen and oxygen atoms in total. The number of ketones is 1. The summed E-state index contributed by atoms with van der Waals surface area (Å²) >= 11 is 0. The zero-order chi connectivity index (χ0) is 27.5. The van der Waals surface area contributed by atoms with Crippen LogP contribution in [-0.2, 0) is 28.7 Å². The second-order valence-corrected chi connectivity index (χ2v) is 12.5. The summed E-state index contributed by atoms with van der Waals surface area (Å²) in [6.07, 6.45) is 7.13. The van der Waals surface area contributed by atoms with Crippen molar-refractivity contribution in [1.82, 2.24) is 19.9 Å². The largest absolute Gasteiger partial charge is 0.289 e. The van der Waals surface area contributed by atoms with Crippen LogP contribution in [0.15, 0.2) is 65.9 Å². The molecule has 0 unspecified atom stereocenters. The summed E-state index contributed by atoms with van der Waals surface area (Å²) in [7, 11) is 0. The molecular formula is C33H42N4O. The molecule has 2 aromatic carbocycles. The van der Waals surface area contributed by atoms with E-state index in [0.717, 1.165) is 40.9 Å². The van der Waals surface area contributed by atoms with Crippen molar-refractivity contribution in [2.45, 2.75) is 78.8 Å². The molecule has 0 N–H and O–H groups in total. The van der Waals surface area contributed by atoms with Crippen LogP contribution >= 0.6 is 0 Å². The number of benzene rings is 2. The predicted molar refractivity (Wildman–Crippen MR) is 157 cm³/mol. The number of hydrogen-bond donors (Lipinski definition) is 0. The van der Waals surface area contributed by atoms with Crippen LogP contribution in [0.3, 0.4) is 0 Å². The molecule has 38 heavy (non-hydrogen) atoms. The lowest BCUT2D eigenvalue weighted by Gasteiger charge is -2.29. The number of hydrogen-bond acceptors (Lipinski definition) is 4. The van der Waals surface area contributed by atoms with E-state index < -0.39 is 0 Å². The Bertz CT molecular complexity index is 1230. The molecule has 5 heteroatoms. The molecule has 1 aromatic heterocycles. The Morgan fingerprint density at radius 1 is 0.789 bits per heavy atom. The van der Waals surface area contributed by atoms with E-state index in [1.165, 1.54) is 11.1 Å². The molecule has 0 radical (unpaired) electrons. The fraction of sp³-hybridized carbons (Fsp3) is 0.424. The summed E-state index contributed by atoms with van der Waals surface area (Å²) in [5.74, 6) is 0.121. The Morgan fingerprint density at radius 2 is 1.26 bits per heavy atom. The van der Waals surface area contributed by atoms with Gasteiger partial charge >= 0.3 is 0 Å². The van der Waals surface area contributed by atoms with E-state index in [-0.39, 0.29) is 16.6 Å². The zero-order valence-electron chi connectivity index (χ0n) is 24.1. The van der Waals surface area contributed by atoms with E-state index in [4.69, 9.17) is 0 Å². The van der Waals surface area contributed by atoms with Crippen LogP contribution in [0.1, 0.15) is 82.8 Å². The lowest BCUT2D eigenvalue weighted by Crippen LogP contribution is -2.37. The van der Waals surface area contributed by atoms with Gasteiger partial charge in [0.1, 0.15) is 0 Å². The summed E-state index contributed by atoms with van der Waals surface area (Å²) in [4.78, 5) is 16.0. The van der Waals surface area contributed by atoms with Gasteiger partial charge in [0, 0.05) is 43.5 Å². The number of Topliss-reactive ketones (excluding diaryl/α,β-unsaturated/α-hetero) is 1. The third-order valence-electron chi connectivity index (χ3n) is 7.03. The van der Waals surface area contributed by atoms with Gasteiger partial charge in [-0.2, -0.15) is 0 Å². The first-order valence-corrected chi connectivity index (χ1v) is 13.7. The second-order valence-electron chi connectivity index (χ2n) is 12.5. The van der Waals surface area contributed by atoms with Crippen molar-refractivity contribution >= 4 is 17.9 Å². The highest BCUT2D eigenvalue weighted by molar-refractivity contribution is 6.14. The first-order valence-electron chi connectivity index (χ1n) is 13.7. The molecule has 0 spiro atoms. The van der Waals surface area contributed by atoms with Crippen molar-refractivity contribution in [1.29, 1.82) is 0 Å². The summed E-state index contributed by atoms with van der Waals surface area (Å²) in [5.41, 5.74) is 7.38. The summed E-state index contributed by atoms with van der Waals surface area (Å²) in [6, 6.07) is 17.1. The fourth-order valence-electron chi connectivity index (χ4n) is 4.76. The molecule has 0 aliphatic carbocycles. The van der Waals surface area contributed by atoms with Gasteiger partial charge in [-0.3, -0.25) is 14.4 Å². The fourth-order valence-corrected chi connectivity index (χ4v) is 4.76. The van der Waals surface area contributed by atoms with Crippen LogP contribution < -0.4 is 0 Å². The standard InChI is InChI=1S/C33H42N4O/c1-8-17-37-23-30(34-35-37)22-36-20-26(18-24-9-13-28(14-10-24)32(2,3)4)31(38)27(21-36)19-25-11-15-29(16-12-25)33(5,6)7/h9-16,18-19,23H,8,17,20-22H2,1-7H3/b26-18-,27-19+. The topological polar surface area (TPSA) is 51.0 Å². The average molecular weight is 511 g/mol. The third-order valence-corrected chi connectivity index (χ3v) is 7.03. The van der Waals surface area contributed by atoms with Crippen LogP contribution in [0.5, 0.6) is 0 Å². The lowest BCUT2D eigenvalue weighted by atomic mass is 9.86. The zero-order valence-corrected chi connectivity index (χ0v) is 24.1. The van der Waals surface area contributed by atoms with Crippen molar-refractivity contribution < 1.29 is 4.79 Å². The van der Waals surface area contributed by atoms with Crippen LogP contribution in [0.4, 0.5) is 0 Å². The summed E-state index contributed by atoms with van der Waals surface area (Å²) < 4.78 is 1.89. The summed E-state index contributed by atoms with van der Waals surface area (Å²) in [5, 5.41) is 8.64. The van der Waals surface area contributed by atoms with Gasteiger partial charge in [0.15, 0.2) is 5.78 Å². The van der Waals surface area contributed by atoms with Crippen molar-refractivity contribution in [2.75, 3.05) is 13.1 Å². The van der Waals surface area contributed by atoms with E-state index >= 15 is 0 Å². The van der Waals surface area contributed by atoms with E-state index in [0.29, 0.717) is 19.6 Å². The maximum Gasteiger partial charge on any atom is 0.187 e. The minimum atomic E-state index is 0.0940. The molecule has 1 aliphatic heterocycles. The van der Waals surface area contributed by atoms with Crippen LogP contribution in [0, 0.1) is 0 Å². The number of piperidine rings is 1. The molecule has 0 saturated carbocycles. The molecule has 0 bridgehead atoms. The summed E-state index contributed by atoms with van der Waals surface area (Å²) in [6.45, 7) is 18.1. The van der Waals surface area contributed by atoms with Crippen LogP contribution in [-0.4, -0.2) is 38.8 Å². The molecule has 2 heterocycles. The van der Waals surface area contributed by atoms with Gasteiger partial charge in [0.25, 0.3) is 0 Å². The van der Waals surface area contributed by atoms with Gasteiger partial charge in [-0.25, -0.2) is 0 Å². The van der Waals surface area contributed by atoms with Crippen molar-refractivity contribution in [3.8, 4) is 0 Å². The maximum absolute atomic E-state index is 13.7. The highest BCUT2D eigenvalue weighted by Crippen LogP contribution is 2.27. The second kappa shape index (κ2) is 11.2. The quantitative estimate of drug-likeness (QED) is 0.341. The molecule has 3 aromatic rings. The Balaban J connectivity index is 1.64. The Kier molecular flexibility index (Phi) is 8.17. The number of carbonyl (C=O) groups excluding carboxylic acids is 1. The third kappa shape index (κ3) is 6.96. The van der Waals surface area contributed by atoms with Crippen molar-refractivity contribution in [3.05, 3.63) is 93.8 Å². The molecule has 0 amide bonds. The first kappa shape index (κ1) is 27.7. The van der Waals surface area contributed by atoms with Crippen molar-refractivity contribution in [2.24, 2.45) is 0 Å². The lowest BCUT2D eigenvalue weighted by molar-refractivity contribution is -0.113. The average Bonchev–Trinajstić information content (AvgIpc) is 3.28. The highest BCUT2D eigenvalue weighted by Gasteiger charge is 2.27. The molecule has 1 saturated heterocycles. The molecule has 1 aliphatic rings. The van der Waals surface area contributed by atoms with Gasteiger partial charge in [0.2, 0.25) is 0 Å². The molecule has 0 atom stereocenters. The number of aryl methyl sites for hydroxylation is 1. The highest BCUT2D eigenvalue weighted by atomic mass is 16.1.